The van der Waals surface area contributed by atoms with E-state index in [9.17, 15) is 25.2 Å². The van der Waals surface area contributed by atoms with Crippen molar-refractivity contribution in [2.24, 2.45) is 50.7 Å². The lowest BCUT2D eigenvalue weighted by molar-refractivity contribution is -0.234. The molecule has 34 heavy (non-hydrogen) atoms. The first-order chi connectivity index (χ1) is 15.8. The maximum atomic E-state index is 12.7. The summed E-state index contributed by atoms with van der Waals surface area (Å²) >= 11 is 0. The van der Waals surface area contributed by atoms with E-state index < -0.39 is 29.0 Å². The second kappa shape index (κ2) is 7.55. The molecule has 1 unspecified atom stereocenters. The van der Waals surface area contributed by atoms with Crippen LogP contribution in [0.4, 0.5) is 0 Å². The summed E-state index contributed by atoms with van der Waals surface area (Å²) < 4.78 is 0. The number of carbonyl (C=O) groups is 1. The average molecular weight is 475 g/mol. The standard InChI is InChI=1S/C29H46O5/c1-25(2)12-13-29(24(33)34)11-8-18-17(19(29)14-25)6-7-21-26(18,3)10-9-22-27(21,4)15-20(31)23(32)28(22,5)16-30/h6,18-23,30-32H,7-16H2,1-5H3,(H,33,34)/t18?,19-,20+,21-,22+,23+,26-,27+,28+,29+/m0/s1. The van der Waals surface area contributed by atoms with Gasteiger partial charge in [0.25, 0.3) is 0 Å². The Bertz CT molecular complexity index is 895. The molecule has 192 valence electrons. The van der Waals surface area contributed by atoms with E-state index in [1.807, 2.05) is 6.92 Å². The zero-order chi connectivity index (χ0) is 24.9. The smallest absolute Gasteiger partial charge is 0.310 e. The van der Waals surface area contributed by atoms with Crippen molar-refractivity contribution in [2.45, 2.75) is 105 Å². The molecule has 4 N–H and O–H groups in total. The van der Waals surface area contributed by atoms with Crippen LogP contribution in [0.3, 0.4) is 0 Å². The molecule has 5 heteroatoms. The molecular weight excluding hydrogens is 428 g/mol. The number of rotatable bonds is 2. The third-order valence-corrected chi connectivity index (χ3v) is 12.4. The number of carboxylic acid groups (broad SMARTS) is 1. The number of allylic oxidation sites excluding steroid dienone is 2. The van der Waals surface area contributed by atoms with Crippen molar-refractivity contribution in [1.29, 1.82) is 0 Å². The van der Waals surface area contributed by atoms with Gasteiger partial charge in [-0.3, -0.25) is 4.79 Å². The molecule has 0 bridgehead atoms. The van der Waals surface area contributed by atoms with Crippen LogP contribution in [0.25, 0.3) is 0 Å². The van der Waals surface area contributed by atoms with Crippen molar-refractivity contribution in [2.75, 3.05) is 6.61 Å². The number of hydrogen-bond donors (Lipinski definition) is 4. The zero-order valence-corrected chi connectivity index (χ0v) is 21.8. The Morgan fingerprint density at radius 3 is 2.26 bits per heavy atom. The molecule has 4 fully saturated rings. The summed E-state index contributed by atoms with van der Waals surface area (Å²) in [7, 11) is 0. The topological polar surface area (TPSA) is 98.0 Å². The molecule has 0 spiro atoms. The van der Waals surface area contributed by atoms with Crippen LogP contribution in [-0.2, 0) is 4.79 Å². The molecular formula is C29H46O5. The fraction of sp³-hybridized carbons (Fsp3) is 0.897. The number of aliphatic hydroxyl groups excluding tert-OH is 3. The quantitative estimate of drug-likeness (QED) is 0.432. The van der Waals surface area contributed by atoms with Crippen LogP contribution in [-0.4, -0.2) is 45.2 Å². The highest BCUT2D eigenvalue weighted by atomic mass is 16.4. The minimum atomic E-state index is -0.898. The first kappa shape index (κ1) is 24.8. The molecule has 5 aliphatic rings. The molecule has 0 saturated heterocycles. The fourth-order valence-electron chi connectivity index (χ4n) is 10.4. The number of carboxylic acids is 1. The van der Waals surface area contributed by atoms with Crippen LogP contribution in [0, 0.1) is 50.7 Å². The number of hydrogen-bond acceptors (Lipinski definition) is 4. The molecule has 10 atom stereocenters. The van der Waals surface area contributed by atoms with E-state index in [0.29, 0.717) is 18.3 Å². The first-order valence-corrected chi connectivity index (χ1v) is 13.7. The van der Waals surface area contributed by atoms with Gasteiger partial charge in [-0.05, 0) is 97.7 Å². The molecule has 5 aliphatic carbocycles. The minimum Gasteiger partial charge on any atom is -0.481 e. The lowest BCUT2D eigenvalue weighted by Crippen LogP contribution is -2.66. The molecule has 0 aromatic carbocycles. The highest BCUT2D eigenvalue weighted by Crippen LogP contribution is 2.72. The lowest BCUT2D eigenvalue weighted by Gasteiger charge is -2.68. The van der Waals surface area contributed by atoms with Gasteiger partial charge in [-0.1, -0.05) is 46.3 Å². The maximum Gasteiger partial charge on any atom is 0.310 e. The second-order valence-electron chi connectivity index (χ2n) is 14.4. The van der Waals surface area contributed by atoms with Crippen molar-refractivity contribution >= 4 is 5.97 Å². The van der Waals surface area contributed by atoms with E-state index in [4.69, 9.17) is 0 Å². The third kappa shape index (κ3) is 3.05. The second-order valence-corrected chi connectivity index (χ2v) is 14.4. The largest absolute Gasteiger partial charge is 0.481 e. The van der Waals surface area contributed by atoms with Crippen LogP contribution >= 0.6 is 0 Å². The molecule has 5 rings (SSSR count). The summed E-state index contributed by atoms with van der Waals surface area (Å²) in [5, 5.41) is 42.6. The van der Waals surface area contributed by atoms with Gasteiger partial charge in [-0.25, -0.2) is 0 Å². The van der Waals surface area contributed by atoms with Crippen LogP contribution in [0.5, 0.6) is 0 Å². The van der Waals surface area contributed by atoms with E-state index in [-0.39, 0.29) is 34.7 Å². The van der Waals surface area contributed by atoms with E-state index in [1.54, 1.807) is 0 Å². The summed E-state index contributed by atoms with van der Waals surface area (Å²) in [5.74, 6) is 0.427. The van der Waals surface area contributed by atoms with Gasteiger partial charge in [-0.2, -0.15) is 0 Å². The average Bonchev–Trinajstić information content (AvgIpc) is 2.76. The fourth-order valence-corrected chi connectivity index (χ4v) is 10.4. The van der Waals surface area contributed by atoms with E-state index in [1.165, 1.54) is 5.57 Å². The van der Waals surface area contributed by atoms with Gasteiger partial charge in [0, 0.05) is 5.41 Å². The van der Waals surface area contributed by atoms with Crippen LogP contribution in [0.15, 0.2) is 11.6 Å². The Labute approximate surface area is 205 Å². The van der Waals surface area contributed by atoms with Crippen molar-refractivity contribution in [3.05, 3.63) is 11.6 Å². The number of aliphatic carboxylic acids is 1. The van der Waals surface area contributed by atoms with Crippen molar-refractivity contribution in [3.8, 4) is 0 Å². The Kier molecular flexibility index (Phi) is 5.50. The van der Waals surface area contributed by atoms with Gasteiger partial charge >= 0.3 is 5.97 Å². The molecule has 4 saturated carbocycles. The van der Waals surface area contributed by atoms with E-state index in [2.05, 4.69) is 33.8 Å². The molecule has 5 nitrogen and oxygen atoms in total. The Morgan fingerprint density at radius 1 is 0.912 bits per heavy atom. The van der Waals surface area contributed by atoms with Crippen molar-refractivity contribution < 1.29 is 25.2 Å². The SMILES string of the molecule is CC1(C)CC[C@]2(C(=O)O)CCC3C(=CC[C@@H]4[C@@]5(C)C[C@@H](O)[C@@H](O)[C@](C)(CO)[C@@H]5CC[C@@]34C)[C@@H]2C1. The van der Waals surface area contributed by atoms with Gasteiger partial charge in [0.2, 0.25) is 0 Å². The van der Waals surface area contributed by atoms with Gasteiger partial charge in [0.15, 0.2) is 0 Å². The maximum absolute atomic E-state index is 12.7. The van der Waals surface area contributed by atoms with Gasteiger partial charge < -0.3 is 20.4 Å². The zero-order valence-electron chi connectivity index (χ0n) is 21.8. The third-order valence-electron chi connectivity index (χ3n) is 12.4. The molecule has 0 radical (unpaired) electrons. The van der Waals surface area contributed by atoms with Crippen LogP contribution < -0.4 is 0 Å². The van der Waals surface area contributed by atoms with Crippen LogP contribution in [0.1, 0.15) is 92.4 Å². The van der Waals surface area contributed by atoms with Crippen LogP contribution in [0.2, 0.25) is 0 Å². The highest BCUT2D eigenvalue weighted by molar-refractivity contribution is 5.76. The van der Waals surface area contributed by atoms with E-state index in [0.717, 1.165) is 51.4 Å². The summed E-state index contributed by atoms with van der Waals surface area (Å²) in [5.41, 5.74) is 0.167. The van der Waals surface area contributed by atoms with Gasteiger partial charge in [-0.15, -0.1) is 0 Å². The normalized spacial score (nSPS) is 54.1. The summed E-state index contributed by atoms with van der Waals surface area (Å²) in [6.07, 6.45) is 8.57. The monoisotopic (exact) mass is 474 g/mol. The molecule has 0 aromatic rings. The Balaban J connectivity index is 1.56. The predicted molar refractivity (Wildman–Crippen MR) is 131 cm³/mol. The van der Waals surface area contributed by atoms with Gasteiger partial charge in [0.05, 0.1) is 24.2 Å². The van der Waals surface area contributed by atoms with Crippen molar-refractivity contribution in [3.63, 3.8) is 0 Å². The van der Waals surface area contributed by atoms with E-state index >= 15 is 0 Å². The van der Waals surface area contributed by atoms with Gasteiger partial charge in [0.1, 0.15) is 0 Å². The minimum absolute atomic E-state index is 0.0555. The molecule has 0 amide bonds. The summed E-state index contributed by atoms with van der Waals surface area (Å²) in [4.78, 5) is 12.7. The summed E-state index contributed by atoms with van der Waals surface area (Å²) in [6.45, 7) is 11.2. The Hall–Kier alpha value is -0.910. The molecule has 0 heterocycles. The highest BCUT2D eigenvalue weighted by Gasteiger charge is 2.67. The number of aliphatic hydroxyl groups is 3. The van der Waals surface area contributed by atoms with Crippen molar-refractivity contribution in [1.82, 2.24) is 0 Å². The first-order valence-electron chi connectivity index (χ1n) is 13.7. The summed E-state index contributed by atoms with van der Waals surface area (Å²) in [6, 6.07) is 0. The number of fused-ring (bicyclic) bond motifs is 7. The molecule has 0 aliphatic heterocycles. The molecule has 0 aromatic heterocycles. The lowest BCUT2D eigenvalue weighted by atomic mass is 9.36. The Morgan fingerprint density at radius 2 is 1.62 bits per heavy atom. The predicted octanol–water partition coefficient (Wildman–Crippen LogP) is 4.79.